The fourth-order valence-corrected chi connectivity index (χ4v) is 1.79. The molecule has 0 atom stereocenters. The minimum absolute atomic E-state index is 0.143. The van der Waals surface area contributed by atoms with E-state index >= 15 is 0 Å². The van der Waals surface area contributed by atoms with E-state index in [0.29, 0.717) is 24.0 Å². The number of ether oxygens (including phenoxy) is 3. The summed E-state index contributed by atoms with van der Waals surface area (Å²) < 4.78 is 15.0. The van der Waals surface area contributed by atoms with E-state index in [1.165, 1.54) is 7.11 Å². The Kier molecular flexibility index (Phi) is 4.38. The molecule has 1 heterocycles. The average Bonchev–Trinajstić information content (AvgIpc) is 2.62. The Bertz CT molecular complexity index is 333. The van der Waals surface area contributed by atoms with Crippen LogP contribution in [0, 0.1) is 0 Å². The van der Waals surface area contributed by atoms with Crippen LogP contribution in [-0.2, 0) is 4.74 Å². The van der Waals surface area contributed by atoms with Crippen molar-refractivity contribution in [3.8, 4) is 10.8 Å². The molecule has 0 amide bonds. The summed E-state index contributed by atoms with van der Waals surface area (Å²) in [6.07, 6.45) is 0. The lowest BCUT2D eigenvalue weighted by Gasteiger charge is -2.00. The molecule has 1 aromatic rings. The number of carboxylic acid groups (broad SMARTS) is 1. The third-order valence-electron chi connectivity index (χ3n) is 1.62. The van der Waals surface area contributed by atoms with Gasteiger partial charge in [-0.05, 0) is 0 Å². The van der Waals surface area contributed by atoms with Crippen molar-refractivity contribution in [1.29, 1.82) is 0 Å². The highest BCUT2D eigenvalue weighted by molar-refractivity contribution is 7.16. The van der Waals surface area contributed by atoms with Gasteiger partial charge in [0.2, 0.25) is 0 Å². The maximum absolute atomic E-state index is 10.8. The topological polar surface area (TPSA) is 65.0 Å². The molecule has 1 aromatic heterocycles. The van der Waals surface area contributed by atoms with E-state index in [2.05, 4.69) is 0 Å². The molecule has 0 radical (unpaired) electrons. The van der Waals surface area contributed by atoms with Crippen LogP contribution in [0.25, 0.3) is 0 Å². The van der Waals surface area contributed by atoms with Crippen molar-refractivity contribution in [2.45, 2.75) is 0 Å². The Morgan fingerprint density at radius 1 is 1.47 bits per heavy atom. The van der Waals surface area contributed by atoms with Gasteiger partial charge in [0.25, 0.3) is 0 Å². The molecule has 0 fully saturated rings. The lowest BCUT2D eigenvalue weighted by atomic mass is 10.4. The molecular weight excluding hydrogens is 220 g/mol. The van der Waals surface area contributed by atoms with Gasteiger partial charge in [-0.1, -0.05) is 11.3 Å². The van der Waals surface area contributed by atoms with Crippen LogP contribution >= 0.6 is 11.3 Å². The highest BCUT2D eigenvalue weighted by Gasteiger charge is 2.16. The van der Waals surface area contributed by atoms with Crippen LogP contribution in [0.2, 0.25) is 0 Å². The van der Waals surface area contributed by atoms with Crippen molar-refractivity contribution < 1.29 is 24.1 Å². The highest BCUT2D eigenvalue weighted by atomic mass is 32.1. The van der Waals surface area contributed by atoms with Crippen LogP contribution in [-0.4, -0.2) is 38.5 Å². The molecule has 6 heteroatoms. The molecule has 0 aliphatic heterocycles. The largest absolute Gasteiger partial charge is 0.495 e. The Hall–Kier alpha value is -1.27. The molecule has 0 aromatic carbocycles. The summed E-state index contributed by atoms with van der Waals surface area (Å²) in [6.45, 7) is 0.849. The van der Waals surface area contributed by atoms with E-state index in [1.54, 1.807) is 13.2 Å². The Morgan fingerprint density at radius 2 is 2.20 bits per heavy atom. The van der Waals surface area contributed by atoms with Crippen LogP contribution in [0.1, 0.15) is 9.67 Å². The van der Waals surface area contributed by atoms with Gasteiger partial charge in [-0.2, -0.15) is 0 Å². The van der Waals surface area contributed by atoms with Gasteiger partial charge in [-0.25, -0.2) is 4.79 Å². The third kappa shape index (κ3) is 3.10. The number of methoxy groups -OCH3 is 2. The van der Waals surface area contributed by atoms with Crippen molar-refractivity contribution in [1.82, 2.24) is 0 Å². The number of hydrogen-bond donors (Lipinski definition) is 1. The molecule has 15 heavy (non-hydrogen) atoms. The van der Waals surface area contributed by atoms with Gasteiger partial charge < -0.3 is 19.3 Å². The molecule has 0 spiro atoms. The first-order valence-electron chi connectivity index (χ1n) is 4.22. The van der Waals surface area contributed by atoms with E-state index in [9.17, 15) is 4.79 Å². The van der Waals surface area contributed by atoms with Crippen molar-refractivity contribution in [2.75, 3.05) is 27.4 Å². The zero-order valence-corrected chi connectivity index (χ0v) is 9.30. The Balaban J connectivity index is 2.70. The van der Waals surface area contributed by atoms with Crippen molar-refractivity contribution in [3.05, 3.63) is 10.9 Å². The zero-order chi connectivity index (χ0) is 11.3. The molecule has 0 aliphatic carbocycles. The van der Waals surface area contributed by atoms with E-state index in [0.717, 1.165) is 11.3 Å². The monoisotopic (exact) mass is 232 g/mol. The number of thiophene rings is 1. The summed E-state index contributed by atoms with van der Waals surface area (Å²) >= 11 is 1.04. The molecule has 1 rings (SSSR count). The summed E-state index contributed by atoms with van der Waals surface area (Å²) in [7, 11) is 2.99. The van der Waals surface area contributed by atoms with Gasteiger partial charge >= 0.3 is 5.97 Å². The summed E-state index contributed by atoms with van der Waals surface area (Å²) in [5, 5.41) is 9.35. The minimum atomic E-state index is -1.02. The molecule has 1 N–H and O–H groups in total. The number of carboxylic acids is 1. The molecule has 0 saturated heterocycles. The molecular formula is C9H12O5S. The van der Waals surface area contributed by atoms with Crippen LogP contribution in [0.4, 0.5) is 0 Å². The van der Waals surface area contributed by atoms with Crippen molar-refractivity contribution >= 4 is 17.3 Å². The summed E-state index contributed by atoms with van der Waals surface area (Å²) in [6, 6.07) is 1.56. The second-order valence-electron chi connectivity index (χ2n) is 2.61. The molecule has 0 saturated carbocycles. The predicted molar refractivity (Wildman–Crippen MR) is 55.2 cm³/mol. The second kappa shape index (κ2) is 5.57. The first-order chi connectivity index (χ1) is 7.19. The molecule has 84 valence electrons. The van der Waals surface area contributed by atoms with E-state index in [1.807, 2.05) is 0 Å². The summed E-state index contributed by atoms with van der Waals surface area (Å²) in [5.74, 6) is -0.696. The van der Waals surface area contributed by atoms with Gasteiger partial charge in [0, 0.05) is 13.2 Å². The van der Waals surface area contributed by atoms with Gasteiger partial charge in [0.05, 0.1) is 13.7 Å². The lowest BCUT2D eigenvalue weighted by molar-refractivity contribution is 0.0699. The number of rotatable bonds is 6. The molecule has 0 bridgehead atoms. The standard InChI is InChI=1S/C9H12O5S/c1-12-3-4-14-7-5-6(13-2)8(15-7)9(10)11/h5H,3-4H2,1-2H3,(H,10,11). The average molecular weight is 232 g/mol. The van der Waals surface area contributed by atoms with Crippen LogP contribution in [0.3, 0.4) is 0 Å². The van der Waals surface area contributed by atoms with Crippen molar-refractivity contribution in [3.63, 3.8) is 0 Å². The Morgan fingerprint density at radius 3 is 2.67 bits per heavy atom. The minimum Gasteiger partial charge on any atom is -0.495 e. The molecule has 5 nitrogen and oxygen atoms in total. The highest BCUT2D eigenvalue weighted by Crippen LogP contribution is 2.34. The normalized spacial score (nSPS) is 10.0. The predicted octanol–water partition coefficient (Wildman–Crippen LogP) is 1.48. The summed E-state index contributed by atoms with van der Waals surface area (Å²) in [4.78, 5) is 10.9. The Labute approximate surface area is 91.2 Å². The first-order valence-corrected chi connectivity index (χ1v) is 5.03. The first kappa shape index (κ1) is 11.8. The molecule has 0 unspecified atom stereocenters. The van der Waals surface area contributed by atoms with E-state index < -0.39 is 5.97 Å². The lowest BCUT2D eigenvalue weighted by Crippen LogP contribution is -2.02. The van der Waals surface area contributed by atoms with Crippen LogP contribution in [0.15, 0.2) is 6.07 Å². The smallest absolute Gasteiger partial charge is 0.349 e. The van der Waals surface area contributed by atoms with Gasteiger partial charge in [0.1, 0.15) is 12.4 Å². The maximum atomic E-state index is 10.8. The SMILES string of the molecule is COCCOc1cc(OC)c(C(=O)O)s1. The number of carbonyl (C=O) groups is 1. The quantitative estimate of drug-likeness (QED) is 0.752. The number of aromatic carboxylic acids is 1. The third-order valence-corrected chi connectivity index (χ3v) is 2.64. The number of hydrogen-bond acceptors (Lipinski definition) is 5. The van der Waals surface area contributed by atoms with Gasteiger partial charge in [0.15, 0.2) is 9.94 Å². The van der Waals surface area contributed by atoms with Crippen LogP contribution < -0.4 is 9.47 Å². The fourth-order valence-electron chi connectivity index (χ4n) is 0.950. The van der Waals surface area contributed by atoms with Gasteiger partial charge in [-0.15, -0.1) is 0 Å². The van der Waals surface area contributed by atoms with Crippen LogP contribution in [0.5, 0.6) is 10.8 Å². The zero-order valence-electron chi connectivity index (χ0n) is 8.48. The maximum Gasteiger partial charge on any atom is 0.349 e. The second-order valence-corrected chi connectivity index (χ2v) is 3.62. The summed E-state index contributed by atoms with van der Waals surface area (Å²) in [5.41, 5.74) is 0. The van der Waals surface area contributed by atoms with Crippen molar-refractivity contribution in [2.24, 2.45) is 0 Å². The molecule has 0 aliphatic rings. The van der Waals surface area contributed by atoms with E-state index in [-0.39, 0.29) is 4.88 Å². The van der Waals surface area contributed by atoms with E-state index in [4.69, 9.17) is 19.3 Å². The van der Waals surface area contributed by atoms with Gasteiger partial charge in [-0.3, -0.25) is 0 Å². The fraction of sp³-hybridized carbons (Fsp3) is 0.444.